The van der Waals surface area contributed by atoms with E-state index in [4.69, 9.17) is 24.2 Å². The quantitative estimate of drug-likeness (QED) is 0.0487. The van der Waals surface area contributed by atoms with E-state index in [0.717, 1.165) is 35.9 Å². The Morgan fingerprint density at radius 1 is 0.745 bits per heavy atom. The molecule has 2 aromatic carbocycles. The van der Waals surface area contributed by atoms with Crippen LogP contribution in [0.5, 0.6) is 5.75 Å². The molecule has 0 bridgehead atoms. The smallest absolute Gasteiger partial charge is 0.340 e. The SMILES string of the molecule is CCCCCCCCCCCCCCCc1cccc(OC(C)C)c1-c1c(C(=O)OC)c(C)nc(CSc2nc3ccccc3[nH]2)c1C(=O)OC. The first-order valence-corrected chi connectivity index (χ1v) is 19.8. The summed E-state index contributed by atoms with van der Waals surface area (Å²) in [5, 5.41) is 0.705. The van der Waals surface area contributed by atoms with Crippen LogP contribution in [-0.4, -0.2) is 47.2 Å². The highest BCUT2D eigenvalue weighted by atomic mass is 32.2. The molecule has 0 radical (unpaired) electrons. The summed E-state index contributed by atoms with van der Waals surface area (Å²) in [6, 6.07) is 13.8. The molecule has 0 amide bonds. The number of nitrogens with one attached hydrogen (secondary N) is 1. The fourth-order valence-electron chi connectivity index (χ4n) is 6.68. The van der Waals surface area contributed by atoms with Gasteiger partial charge in [0.25, 0.3) is 0 Å². The number of benzene rings is 2. The van der Waals surface area contributed by atoms with E-state index >= 15 is 0 Å². The van der Waals surface area contributed by atoms with Crippen molar-refractivity contribution in [3.05, 3.63) is 70.5 Å². The number of unbranched alkanes of at least 4 members (excludes halogenated alkanes) is 12. The van der Waals surface area contributed by atoms with Crippen molar-refractivity contribution >= 4 is 34.7 Å². The number of ether oxygens (including phenoxy) is 3. The summed E-state index contributed by atoms with van der Waals surface area (Å²) in [7, 11) is 2.70. The molecule has 4 aromatic rings. The van der Waals surface area contributed by atoms with Crippen molar-refractivity contribution in [2.24, 2.45) is 0 Å². The van der Waals surface area contributed by atoms with E-state index in [-0.39, 0.29) is 17.2 Å². The molecule has 1 N–H and O–H groups in total. The third-order valence-electron chi connectivity index (χ3n) is 9.22. The number of hydrogen-bond acceptors (Lipinski definition) is 8. The monoisotopic (exact) mass is 715 g/mol. The largest absolute Gasteiger partial charge is 0.490 e. The highest BCUT2D eigenvalue weighted by Gasteiger charge is 2.32. The molecule has 8 nitrogen and oxygen atoms in total. The van der Waals surface area contributed by atoms with Crippen molar-refractivity contribution in [2.75, 3.05) is 14.2 Å². The molecule has 9 heteroatoms. The second-order valence-electron chi connectivity index (χ2n) is 13.5. The normalized spacial score (nSPS) is 11.4. The summed E-state index contributed by atoms with van der Waals surface area (Å²) < 4.78 is 17.1. The minimum Gasteiger partial charge on any atom is -0.490 e. The Bertz CT molecular complexity index is 1680. The maximum Gasteiger partial charge on any atom is 0.340 e. The number of nitrogens with zero attached hydrogens (tertiary/aromatic N) is 2. The molecule has 0 aliphatic rings. The molecule has 2 heterocycles. The Morgan fingerprint density at radius 2 is 1.35 bits per heavy atom. The van der Waals surface area contributed by atoms with E-state index in [9.17, 15) is 9.59 Å². The molecule has 2 aromatic heterocycles. The lowest BCUT2D eigenvalue weighted by molar-refractivity contribution is 0.0599. The van der Waals surface area contributed by atoms with Crippen LogP contribution in [0.2, 0.25) is 0 Å². The first-order chi connectivity index (χ1) is 24.8. The van der Waals surface area contributed by atoms with Crippen molar-refractivity contribution in [3.63, 3.8) is 0 Å². The number of H-pyrrole nitrogens is 1. The summed E-state index contributed by atoms with van der Waals surface area (Å²) in [6.45, 7) is 7.99. The first kappa shape index (κ1) is 39.9. The summed E-state index contributed by atoms with van der Waals surface area (Å²) >= 11 is 1.44. The van der Waals surface area contributed by atoms with Gasteiger partial charge in [0, 0.05) is 16.9 Å². The van der Waals surface area contributed by atoms with Crippen molar-refractivity contribution in [3.8, 4) is 16.9 Å². The average molecular weight is 716 g/mol. The molecule has 0 saturated heterocycles. The number of methoxy groups -OCH3 is 2. The van der Waals surface area contributed by atoms with Gasteiger partial charge in [-0.15, -0.1) is 0 Å². The van der Waals surface area contributed by atoms with Gasteiger partial charge in [-0.3, -0.25) is 4.98 Å². The molecule has 51 heavy (non-hydrogen) atoms. The van der Waals surface area contributed by atoms with Gasteiger partial charge < -0.3 is 19.2 Å². The van der Waals surface area contributed by atoms with E-state index in [1.165, 1.54) is 96.6 Å². The Kier molecular flexibility index (Phi) is 16.3. The highest BCUT2D eigenvalue weighted by molar-refractivity contribution is 7.98. The van der Waals surface area contributed by atoms with Crippen LogP contribution in [0.25, 0.3) is 22.2 Å². The van der Waals surface area contributed by atoms with Gasteiger partial charge >= 0.3 is 11.9 Å². The van der Waals surface area contributed by atoms with Crippen LogP contribution in [0.15, 0.2) is 47.6 Å². The molecule has 0 aliphatic carbocycles. The zero-order valence-corrected chi connectivity index (χ0v) is 32.4. The number of carbonyl (C=O) groups is 2. The molecule has 0 fully saturated rings. The summed E-state index contributed by atoms with van der Waals surface area (Å²) in [5.41, 5.74) is 5.39. The predicted octanol–water partition coefficient (Wildman–Crippen LogP) is 11.2. The number of esters is 2. The number of rotatable bonds is 22. The van der Waals surface area contributed by atoms with Crippen molar-refractivity contribution in [2.45, 2.75) is 135 Å². The van der Waals surface area contributed by atoms with Crippen LogP contribution in [0.4, 0.5) is 0 Å². The van der Waals surface area contributed by atoms with Crippen LogP contribution in [0, 0.1) is 6.92 Å². The number of aromatic amines is 1. The highest BCUT2D eigenvalue weighted by Crippen LogP contribution is 2.42. The number of fused-ring (bicyclic) bond motifs is 1. The van der Waals surface area contributed by atoms with Gasteiger partial charge in [-0.1, -0.05) is 120 Å². The van der Waals surface area contributed by atoms with Gasteiger partial charge in [0.2, 0.25) is 0 Å². The maximum absolute atomic E-state index is 13.8. The number of pyridine rings is 1. The molecule has 276 valence electrons. The number of thioether (sulfide) groups is 1. The van der Waals surface area contributed by atoms with E-state index in [1.807, 2.05) is 50.2 Å². The second kappa shape index (κ2) is 20.9. The third kappa shape index (κ3) is 11.3. The van der Waals surface area contributed by atoms with Crippen molar-refractivity contribution < 1.29 is 23.8 Å². The number of imidazole rings is 1. The summed E-state index contributed by atoms with van der Waals surface area (Å²) in [4.78, 5) is 40.2. The molecule has 0 atom stereocenters. The fraction of sp³-hybridized carbons (Fsp3) is 0.524. The minimum absolute atomic E-state index is 0.135. The molecule has 4 rings (SSSR count). The average Bonchev–Trinajstić information content (AvgIpc) is 3.55. The minimum atomic E-state index is -0.575. The molecule has 0 unspecified atom stereocenters. The van der Waals surface area contributed by atoms with Gasteiger partial charge in [-0.05, 0) is 57.4 Å². The van der Waals surface area contributed by atoms with Crippen LogP contribution in [0.3, 0.4) is 0 Å². The fourth-order valence-corrected chi connectivity index (χ4v) is 7.51. The van der Waals surface area contributed by atoms with Gasteiger partial charge in [-0.25, -0.2) is 14.6 Å². The third-order valence-corrected chi connectivity index (χ3v) is 10.1. The Hall–Kier alpha value is -3.85. The Morgan fingerprint density at radius 3 is 1.96 bits per heavy atom. The summed E-state index contributed by atoms with van der Waals surface area (Å²) in [5.74, 6) is -0.216. The Balaban J connectivity index is 1.61. The molecule has 0 aliphatic heterocycles. The van der Waals surface area contributed by atoms with E-state index in [0.29, 0.717) is 39.2 Å². The van der Waals surface area contributed by atoms with E-state index in [1.54, 1.807) is 6.92 Å². The topological polar surface area (TPSA) is 103 Å². The second-order valence-corrected chi connectivity index (χ2v) is 14.5. The van der Waals surface area contributed by atoms with Crippen molar-refractivity contribution in [1.82, 2.24) is 15.0 Å². The Labute approximate surface area is 308 Å². The molecule has 0 saturated carbocycles. The van der Waals surface area contributed by atoms with Crippen LogP contribution >= 0.6 is 11.8 Å². The summed E-state index contributed by atoms with van der Waals surface area (Å²) in [6.07, 6.45) is 17.2. The predicted molar refractivity (Wildman–Crippen MR) is 208 cm³/mol. The maximum atomic E-state index is 13.8. The van der Waals surface area contributed by atoms with E-state index in [2.05, 4.69) is 18.0 Å². The zero-order valence-electron chi connectivity index (χ0n) is 31.6. The molecule has 0 spiro atoms. The van der Waals surface area contributed by atoms with Gasteiger partial charge in [-0.2, -0.15) is 0 Å². The van der Waals surface area contributed by atoms with Crippen LogP contribution in [0.1, 0.15) is 142 Å². The number of para-hydroxylation sites is 2. The first-order valence-electron chi connectivity index (χ1n) is 18.9. The lowest BCUT2D eigenvalue weighted by Gasteiger charge is -2.23. The molecular weight excluding hydrogens is 659 g/mol. The number of hydrogen-bond donors (Lipinski definition) is 1. The van der Waals surface area contributed by atoms with Gasteiger partial charge in [0.05, 0.1) is 53.9 Å². The molecular formula is C42H57N3O5S. The van der Waals surface area contributed by atoms with Gasteiger partial charge in [0.15, 0.2) is 5.16 Å². The number of aryl methyl sites for hydroxylation is 2. The van der Waals surface area contributed by atoms with Crippen molar-refractivity contribution in [1.29, 1.82) is 0 Å². The lowest BCUT2D eigenvalue weighted by atomic mass is 9.87. The standard InChI is InChI=1S/C42H57N3O5S/c1-7-8-9-10-11-12-13-14-15-16-17-18-19-23-31-24-22-27-35(50-29(2)3)37(31)39-36(40(46)48-5)30(4)43-34(38(39)41(47)49-6)28-51-42-44-32-25-20-21-26-33(32)45-42/h20-22,24-27,29H,7-19,23,28H2,1-6H3,(H,44,45). The lowest BCUT2D eigenvalue weighted by Crippen LogP contribution is -2.18. The van der Waals surface area contributed by atoms with Gasteiger partial charge in [0.1, 0.15) is 5.75 Å². The number of aromatic nitrogens is 3. The van der Waals surface area contributed by atoms with E-state index < -0.39 is 11.9 Å². The van der Waals surface area contributed by atoms with Crippen LogP contribution in [-0.2, 0) is 21.6 Å². The zero-order chi connectivity index (χ0) is 36.6. The number of carbonyl (C=O) groups excluding carboxylic acids is 2. The van der Waals surface area contributed by atoms with Crippen LogP contribution < -0.4 is 4.74 Å².